The van der Waals surface area contributed by atoms with E-state index in [0.29, 0.717) is 23.4 Å². The third-order valence-corrected chi connectivity index (χ3v) is 5.70. The molecule has 1 fully saturated rings. The van der Waals surface area contributed by atoms with E-state index in [4.69, 9.17) is 21.3 Å². The van der Waals surface area contributed by atoms with Gasteiger partial charge >= 0.3 is 0 Å². The van der Waals surface area contributed by atoms with Gasteiger partial charge in [0, 0.05) is 37.1 Å². The number of anilines is 1. The van der Waals surface area contributed by atoms with Crippen molar-refractivity contribution in [1.82, 2.24) is 24.3 Å². The third-order valence-electron chi connectivity index (χ3n) is 5.48. The molecule has 1 atom stereocenters. The summed E-state index contributed by atoms with van der Waals surface area (Å²) >= 11 is 6.23. The average Bonchev–Trinajstić information content (AvgIpc) is 3.35. The molecule has 1 saturated heterocycles. The highest BCUT2D eigenvalue weighted by molar-refractivity contribution is 6.30. The molecule has 0 amide bonds. The molecule has 5 rings (SSSR count). The topological polar surface area (TPSA) is 67.6 Å². The first kappa shape index (κ1) is 20.7. The van der Waals surface area contributed by atoms with Gasteiger partial charge in [0.25, 0.3) is 0 Å². The molecule has 0 bridgehead atoms. The molecule has 4 aromatic rings. The van der Waals surface area contributed by atoms with E-state index in [1.807, 2.05) is 16.7 Å². The van der Waals surface area contributed by atoms with Crippen LogP contribution in [-0.2, 0) is 6.54 Å². The van der Waals surface area contributed by atoms with Gasteiger partial charge in [-0.05, 0) is 49.9 Å². The number of ether oxygens (including phenoxy) is 1. The van der Waals surface area contributed by atoms with Crippen molar-refractivity contribution in [3.05, 3.63) is 71.4 Å². The van der Waals surface area contributed by atoms with Gasteiger partial charge in [0.2, 0.25) is 11.8 Å². The summed E-state index contributed by atoms with van der Waals surface area (Å²) in [5, 5.41) is 3.86. The molecule has 4 heterocycles. The Morgan fingerprint density at radius 3 is 2.78 bits per heavy atom. The van der Waals surface area contributed by atoms with Crippen molar-refractivity contribution < 1.29 is 9.13 Å². The van der Waals surface area contributed by atoms with Crippen molar-refractivity contribution in [1.29, 1.82) is 0 Å². The van der Waals surface area contributed by atoms with E-state index >= 15 is 0 Å². The van der Waals surface area contributed by atoms with Crippen molar-refractivity contribution in [2.75, 3.05) is 25.5 Å². The molecule has 1 aliphatic rings. The summed E-state index contributed by atoms with van der Waals surface area (Å²) in [6, 6.07) is 11.7. The molecule has 7 nitrogen and oxygen atoms in total. The SMILES string of the molecule is CN1CC[C@@H](Oc2ccnc(NCc3c(-c4ccc(F)cc4)nc4ccc(Cl)cn34)n2)C1. The second-order valence-corrected chi connectivity index (χ2v) is 8.29. The summed E-state index contributed by atoms with van der Waals surface area (Å²) in [7, 11) is 2.08. The number of hydrogen-bond acceptors (Lipinski definition) is 6. The molecule has 0 unspecified atom stereocenters. The van der Waals surface area contributed by atoms with Crippen LogP contribution in [0.2, 0.25) is 5.02 Å². The molecule has 164 valence electrons. The monoisotopic (exact) mass is 452 g/mol. The second kappa shape index (κ2) is 8.72. The smallest absolute Gasteiger partial charge is 0.226 e. The molecule has 32 heavy (non-hydrogen) atoms. The number of fused-ring (bicyclic) bond motifs is 1. The maximum atomic E-state index is 13.4. The molecular weight excluding hydrogens is 431 g/mol. The average molecular weight is 453 g/mol. The van der Waals surface area contributed by atoms with Crippen LogP contribution in [-0.4, -0.2) is 50.5 Å². The highest BCUT2D eigenvalue weighted by atomic mass is 35.5. The first-order valence-electron chi connectivity index (χ1n) is 10.4. The Bertz CT molecular complexity index is 1250. The Labute approximate surface area is 189 Å². The summed E-state index contributed by atoms with van der Waals surface area (Å²) in [4.78, 5) is 15.8. The zero-order valence-corrected chi connectivity index (χ0v) is 18.3. The fourth-order valence-electron chi connectivity index (χ4n) is 3.89. The summed E-state index contributed by atoms with van der Waals surface area (Å²) in [5.41, 5.74) is 3.16. The summed E-state index contributed by atoms with van der Waals surface area (Å²) in [6.45, 7) is 2.30. The zero-order chi connectivity index (χ0) is 22.1. The molecular formula is C23H22ClFN6O. The number of aromatic nitrogens is 4. The predicted molar refractivity (Wildman–Crippen MR) is 121 cm³/mol. The predicted octanol–water partition coefficient (Wildman–Crippen LogP) is 4.28. The van der Waals surface area contributed by atoms with Crippen LogP contribution in [0.1, 0.15) is 12.1 Å². The van der Waals surface area contributed by atoms with Crippen LogP contribution in [0.15, 0.2) is 54.9 Å². The molecule has 0 radical (unpaired) electrons. The quantitative estimate of drug-likeness (QED) is 0.471. The number of likely N-dealkylation sites (tertiary alicyclic amines) is 1. The van der Waals surface area contributed by atoms with E-state index < -0.39 is 0 Å². The molecule has 0 spiro atoms. The van der Waals surface area contributed by atoms with E-state index in [-0.39, 0.29) is 11.9 Å². The van der Waals surface area contributed by atoms with E-state index in [0.717, 1.165) is 42.1 Å². The Hall–Kier alpha value is -3.23. The van der Waals surface area contributed by atoms with Gasteiger partial charge in [-0.3, -0.25) is 0 Å². The van der Waals surface area contributed by atoms with E-state index in [9.17, 15) is 4.39 Å². The van der Waals surface area contributed by atoms with Crippen molar-refractivity contribution in [3.63, 3.8) is 0 Å². The van der Waals surface area contributed by atoms with Crippen LogP contribution in [0.5, 0.6) is 5.88 Å². The number of nitrogens with zero attached hydrogens (tertiary/aromatic N) is 5. The van der Waals surface area contributed by atoms with E-state index in [2.05, 4.69) is 27.2 Å². The highest BCUT2D eigenvalue weighted by Gasteiger charge is 2.21. The van der Waals surface area contributed by atoms with Crippen LogP contribution in [0.3, 0.4) is 0 Å². The largest absolute Gasteiger partial charge is 0.473 e. The van der Waals surface area contributed by atoms with Crippen LogP contribution < -0.4 is 10.1 Å². The van der Waals surface area contributed by atoms with E-state index in [1.165, 1.54) is 12.1 Å². The number of hydrogen-bond donors (Lipinski definition) is 1. The third kappa shape index (κ3) is 4.37. The van der Waals surface area contributed by atoms with Crippen molar-refractivity contribution >= 4 is 23.2 Å². The molecule has 9 heteroatoms. The lowest BCUT2D eigenvalue weighted by Crippen LogP contribution is -2.22. The van der Waals surface area contributed by atoms with Gasteiger partial charge in [-0.25, -0.2) is 14.4 Å². The van der Waals surface area contributed by atoms with Gasteiger partial charge in [0.1, 0.15) is 17.6 Å². The molecule has 0 saturated carbocycles. The molecule has 1 N–H and O–H groups in total. The number of rotatable bonds is 6. The van der Waals surface area contributed by atoms with Crippen LogP contribution >= 0.6 is 11.6 Å². The second-order valence-electron chi connectivity index (χ2n) is 7.85. The first-order chi connectivity index (χ1) is 15.5. The Balaban J connectivity index is 1.41. The Kier molecular flexibility index (Phi) is 5.63. The maximum absolute atomic E-state index is 13.4. The van der Waals surface area contributed by atoms with E-state index in [1.54, 1.807) is 30.5 Å². The molecule has 0 aliphatic carbocycles. The van der Waals surface area contributed by atoms with Crippen LogP contribution in [0, 0.1) is 5.82 Å². The molecule has 1 aromatic carbocycles. The summed E-state index contributed by atoms with van der Waals surface area (Å²) in [6.07, 6.45) is 4.60. The van der Waals surface area contributed by atoms with Crippen molar-refractivity contribution in [2.45, 2.75) is 19.1 Å². The Morgan fingerprint density at radius 2 is 2.00 bits per heavy atom. The number of halogens is 2. The minimum absolute atomic E-state index is 0.133. The number of benzene rings is 1. The first-order valence-corrected chi connectivity index (χ1v) is 10.8. The molecule has 1 aliphatic heterocycles. The van der Waals surface area contributed by atoms with Gasteiger partial charge < -0.3 is 19.4 Å². The van der Waals surface area contributed by atoms with Crippen LogP contribution in [0.25, 0.3) is 16.9 Å². The maximum Gasteiger partial charge on any atom is 0.226 e. The zero-order valence-electron chi connectivity index (χ0n) is 17.5. The lowest BCUT2D eigenvalue weighted by atomic mass is 10.1. The lowest BCUT2D eigenvalue weighted by Gasteiger charge is -2.13. The molecule has 3 aromatic heterocycles. The number of imidazole rings is 1. The number of pyridine rings is 1. The highest BCUT2D eigenvalue weighted by Crippen LogP contribution is 2.27. The lowest BCUT2D eigenvalue weighted by molar-refractivity contribution is 0.200. The number of likely N-dealkylation sites (N-methyl/N-ethyl adjacent to an activating group) is 1. The summed E-state index contributed by atoms with van der Waals surface area (Å²) in [5.74, 6) is 0.706. The normalized spacial score (nSPS) is 16.5. The fraction of sp³-hybridized carbons (Fsp3) is 0.261. The van der Waals surface area contributed by atoms with Gasteiger partial charge in [-0.1, -0.05) is 11.6 Å². The minimum Gasteiger partial charge on any atom is -0.473 e. The van der Waals surface area contributed by atoms with Gasteiger partial charge in [0.15, 0.2) is 0 Å². The van der Waals surface area contributed by atoms with Gasteiger partial charge in [-0.15, -0.1) is 0 Å². The van der Waals surface area contributed by atoms with Gasteiger partial charge in [0.05, 0.1) is 23.0 Å². The fourth-order valence-corrected chi connectivity index (χ4v) is 4.05. The standard InChI is InChI=1S/C23H22ClFN6O/c1-30-11-9-18(14-30)32-21-8-10-26-23(29-21)27-12-19-22(15-2-5-17(25)6-3-15)28-20-7-4-16(24)13-31(19)20/h2-8,10,13,18H,9,11-12,14H2,1H3,(H,26,27,29)/t18-/m1/s1. The van der Waals surface area contributed by atoms with Crippen molar-refractivity contribution in [3.8, 4) is 17.1 Å². The minimum atomic E-state index is -0.293. The van der Waals surface area contributed by atoms with Gasteiger partial charge in [-0.2, -0.15) is 4.98 Å². The van der Waals surface area contributed by atoms with Crippen molar-refractivity contribution in [2.24, 2.45) is 0 Å². The summed E-state index contributed by atoms with van der Waals surface area (Å²) < 4.78 is 21.4. The van der Waals surface area contributed by atoms with Crippen LogP contribution in [0.4, 0.5) is 10.3 Å². The Morgan fingerprint density at radius 1 is 1.16 bits per heavy atom. The number of nitrogens with one attached hydrogen (secondary N) is 1.